The first-order chi connectivity index (χ1) is 9.56. The lowest BCUT2D eigenvalue weighted by molar-refractivity contribution is -0.384. The largest absolute Gasteiger partial charge is 0.326 e. The van der Waals surface area contributed by atoms with Crippen LogP contribution in [0.1, 0.15) is 11.6 Å². The van der Waals surface area contributed by atoms with Gasteiger partial charge in [-0.1, -0.05) is 12.1 Å². The number of nitro benzene ring substituents is 1. The van der Waals surface area contributed by atoms with Crippen LogP contribution in [0.25, 0.3) is 0 Å². The SMILES string of the molecule is O=C1NC(=O)C2C(=NNC2c2cccc([N+](=O)[O-])c2)N1. The van der Waals surface area contributed by atoms with E-state index >= 15 is 0 Å². The Labute approximate surface area is 112 Å². The van der Waals surface area contributed by atoms with Gasteiger partial charge >= 0.3 is 6.03 Å². The Bertz CT molecular complexity index is 656. The number of fused-ring (bicyclic) bond motifs is 1. The van der Waals surface area contributed by atoms with E-state index < -0.39 is 28.8 Å². The molecule has 2 atom stereocenters. The van der Waals surface area contributed by atoms with Crippen molar-refractivity contribution < 1.29 is 14.5 Å². The summed E-state index contributed by atoms with van der Waals surface area (Å²) in [4.78, 5) is 33.3. The second-order valence-electron chi connectivity index (χ2n) is 4.38. The molecular formula is C11H9N5O4. The number of nitro groups is 1. The highest BCUT2D eigenvalue weighted by molar-refractivity contribution is 6.19. The van der Waals surface area contributed by atoms with Crippen molar-refractivity contribution in [1.29, 1.82) is 0 Å². The van der Waals surface area contributed by atoms with Crippen molar-refractivity contribution in [2.45, 2.75) is 6.04 Å². The predicted molar refractivity (Wildman–Crippen MR) is 66.6 cm³/mol. The van der Waals surface area contributed by atoms with E-state index in [0.717, 1.165) is 0 Å². The molecule has 2 unspecified atom stereocenters. The van der Waals surface area contributed by atoms with Gasteiger partial charge in [0.25, 0.3) is 5.69 Å². The molecule has 3 amide bonds. The van der Waals surface area contributed by atoms with Gasteiger partial charge < -0.3 is 0 Å². The molecular weight excluding hydrogens is 266 g/mol. The molecule has 20 heavy (non-hydrogen) atoms. The minimum atomic E-state index is -0.713. The Kier molecular flexibility index (Phi) is 2.60. The van der Waals surface area contributed by atoms with Gasteiger partial charge in [0.2, 0.25) is 5.91 Å². The third-order valence-corrected chi connectivity index (χ3v) is 3.15. The minimum absolute atomic E-state index is 0.0713. The Morgan fingerprint density at radius 3 is 2.80 bits per heavy atom. The molecule has 0 aromatic heterocycles. The van der Waals surface area contributed by atoms with Crippen LogP contribution in [0.5, 0.6) is 0 Å². The molecule has 1 saturated heterocycles. The van der Waals surface area contributed by atoms with Crippen LogP contribution in [0.3, 0.4) is 0 Å². The third-order valence-electron chi connectivity index (χ3n) is 3.15. The van der Waals surface area contributed by atoms with Crippen LogP contribution in [-0.4, -0.2) is 22.7 Å². The van der Waals surface area contributed by atoms with Crippen LogP contribution in [-0.2, 0) is 4.79 Å². The number of imide groups is 1. The predicted octanol–water partition coefficient (Wildman–Crippen LogP) is 0.00820. The van der Waals surface area contributed by atoms with Crippen molar-refractivity contribution in [3.63, 3.8) is 0 Å². The number of hydrogen-bond donors (Lipinski definition) is 3. The summed E-state index contributed by atoms with van der Waals surface area (Å²) < 4.78 is 0. The van der Waals surface area contributed by atoms with Crippen molar-refractivity contribution in [2.75, 3.05) is 0 Å². The molecule has 3 rings (SSSR count). The van der Waals surface area contributed by atoms with E-state index in [4.69, 9.17) is 0 Å². The number of carbonyl (C=O) groups excluding carboxylic acids is 2. The van der Waals surface area contributed by atoms with Crippen LogP contribution >= 0.6 is 0 Å². The maximum atomic E-state index is 11.9. The number of nitrogens with zero attached hydrogens (tertiary/aromatic N) is 2. The highest BCUT2D eigenvalue weighted by Crippen LogP contribution is 2.30. The highest BCUT2D eigenvalue weighted by Gasteiger charge is 2.43. The minimum Gasteiger partial charge on any atom is -0.300 e. The standard InChI is InChI=1S/C11H9N5O4/c17-10-7-8(14-15-9(7)12-11(18)13-10)5-2-1-3-6(4-5)16(19)20/h1-4,7-8,14H,(H2,12,13,15,17,18). The lowest BCUT2D eigenvalue weighted by atomic mass is 9.91. The first kappa shape index (κ1) is 12.1. The van der Waals surface area contributed by atoms with E-state index in [1.807, 2.05) is 0 Å². The lowest BCUT2D eigenvalue weighted by Gasteiger charge is -2.23. The van der Waals surface area contributed by atoms with Gasteiger partial charge in [0.1, 0.15) is 11.8 Å². The van der Waals surface area contributed by atoms with E-state index in [0.29, 0.717) is 5.56 Å². The second-order valence-corrected chi connectivity index (χ2v) is 4.38. The van der Waals surface area contributed by atoms with Gasteiger partial charge in [-0.2, -0.15) is 5.10 Å². The van der Waals surface area contributed by atoms with Crippen molar-refractivity contribution in [3.8, 4) is 0 Å². The number of amides is 3. The number of non-ortho nitro benzene ring substituents is 1. The number of rotatable bonds is 2. The molecule has 0 bridgehead atoms. The fraction of sp³-hybridized carbons (Fsp3) is 0.182. The van der Waals surface area contributed by atoms with E-state index in [2.05, 4.69) is 21.2 Å². The molecule has 0 spiro atoms. The summed E-state index contributed by atoms with van der Waals surface area (Å²) in [7, 11) is 0. The molecule has 2 heterocycles. The maximum Gasteiger partial charge on any atom is 0.326 e. The zero-order valence-electron chi connectivity index (χ0n) is 9.99. The summed E-state index contributed by atoms with van der Waals surface area (Å²) in [5.41, 5.74) is 3.20. The van der Waals surface area contributed by atoms with Crippen molar-refractivity contribution in [1.82, 2.24) is 16.1 Å². The number of carbonyl (C=O) groups is 2. The number of hydrogen-bond acceptors (Lipinski definition) is 6. The Morgan fingerprint density at radius 1 is 1.25 bits per heavy atom. The molecule has 0 aliphatic carbocycles. The fourth-order valence-electron chi connectivity index (χ4n) is 2.26. The molecule has 9 nitrogen and oxygen atoms in total. The van der Waals surface area contributed by atoms with Gasteiger partial charge in [-0.25, -0.2) is 4.79 Å². The Morgan fingerprint density at radius 2 is 2.05 bits per heavy atom. The van der Waals surface area contributed by atoms with E-state index in [1.54, 1.807) is 6.07 Å². The first-order valence-corrected chi connectivity index (χ1v) is 5.75. The quantitative estimate of drug-likeness (QED) is 0.517. The first-order valence-electron chi connectivity index (χ1n) is 5.75. The smallest absolute Gasteiger partial charge is 0.300 e. The topological polar surface area (TPSA) is 126 Å². The van der Waals surface area contributed by atoms with Gasteiger partial charge in [0.15, 0.2) is 0 Å². The Hall–Kier alpha value is -2.97. The van der Waals surface area contributed by atoms with Gasteiger partial charge in [-0.15, -0.1) is 0 Å². The number of nitrogens with one attached hydrogen (secondary N) is 3. The van der Waals surface area contributed by atoms with E-state index in [-0.39, 0.29) is 11.5 Å². The number of amidine groups is 1. The second kappa shape index (κ2) is 4.30. The van der Waals surface area contributed by atoms with Crippen molar-refractivity contribution >= 4 is 23.5 Å². The van der Waals surface area contributed by atoms with Crippen LogP contribution in [0.15, 0.2) is 29.4 Å². The number of urea groups is 1. The van der Waals surface area contributed by atoms with Crippen molar-refractivity contribution in [2.24, 2.45) is 11.0 Å². The van der Waals surface area contributed by atoms with Gasteiger partial charge in [-0.3, -0.25) is 31.0 Å². The molecule has 0 radical (unpaired) electrons. The molecule has 1 aromatic carbocycles. The summed E-state index contributed by atoms with van der Waals surface area (Å²) in [5, 5.41) is 19.2. The molecule has 1 aromatic rings. The highest BCUT2D eigenvalue weighted by atomic mass is 16.6. The zero-order chi connectivity index (χ0) is 14.3. The fourth-order valence-corrected chi connectivity index (χ4v) is 2.26. The maximum absolute atomic E-state index is 11.9. The molecule has 0 saturated carbocycles. The average Bonchev–Trinajstić information content (AvgIpc) is 2.82. The van der Waals surface area contributed by atoms with E-state index in [1.165, 1.54) is 18.2 Å². The molecule has 1 fully saturated rings. The molecule has 2 aliphatic heterocycles. The lowest BCUT2D eigenvalue weighted by Crippen LogP contribution is -2.55. The summed E-state index contributed by atoms with van der Waals surface area (Å²) in [6, 6.07) is 4.75. The average molecular weight is 275 g/mol. The van der Waals surface area contributed by atoms with Crippen LogP contribution in [0.2, 0.25) is 0 Å². The molecule has 2 aliphatic rings. The number of benzene rings is 1. The summed E-state index contributed by atoms with van der Waals surface area (Å²) in [6.07, 6.45) is 0. The van der Waals surface area contributed by atoms with Crippen LogP contribution in [0.4, 0.5) is 10.5 Å². The molecule has 9 heteroatoms. The van der Waals surface area contributed by atoms with Gasteiger partial charge in [-0.05, 0) is 5.56 Å². The van der Waals surface area contributed by atoms with Gasteiger partial charge in [0.05, 0.1) is 11.0 Å². The monoisotopic (exact) mass is 275 g/mol. The van der Waals surface area contributed by atoms with Gasteiger partial charge in [0, 0.05) is 12.1 Å². The zero-order valence-corrected chi connectivity index (χ0v) is 9.99. The summed E-state index contributed by atoms with van der Waals surface area (Å²) in [5.74, 6) is -0.987. The molecule has 3 N–H and O–H groups in total. The third kappa shape index (κ3) is 1.85. The number of hydrazone groups is 1. The van der Waals surface area contributed by atoms with Crippen LogP contribution in [0, 0.1) is 16.0 Å². The van der Waals surface area contributed by atoms with Crippen molar-refractivity contribution in [3.05, 3.63) is 39.9 Å². The normalized spacial score (nSPS) is 24.1. The van der Waals surface area contributed by atoms with E-state index in [9.17, 15) is 19.7 Å². The summed E-state index contributed by atoms with van der Waals surface area (Å²) in [6.45, 7) is 0. The van der Waals surface area contributed by atoms with Crippen LogP contribution < -0.4 is 16.1 Å². The summed E-state index contributed by atoms with van der Waals surface area (Å²) >= 11 is 0. The Balaban J connectivity index is 1.93. The molecule has 102 valence electrons.